The number of fused-ring (bicyclic) bond motifs is 1. The first-order chi connectivity index (χ1) is 15.5. The second-order valence-corrected chi connectivity index (χ2v) is 15.4. The summed E-state index contributed by atoms with van der Waals surface area (Å²) in [5, 5.41) is 0. The molecule has 0 bridgehead atoms. The SMILES string of the molecule is CCCCCCCCCCC(CCCCCCCC)CN1C(=O)c2c(Br)[se]c(Br)c2C1=O. The summed E-state index contributed by atoms with van der Waals surface area (Å²) < 4.78 is 1.81. The van der Waals surface area contributed by atoms with Crippen LogP contribution >= 0.6 is 31.9 Å². The first-order valence-corrected chi connectivity index (χ1v) is 16.1. The van der Waals surface area contributed by atoms with E-state index in [4.69, 9.17) is 0 Å². The summed E-state index contributed by atoms with van der Waals surface area (Å²) in [4.78, 5) is 27.6. The van der Waals surface area contributed by atoms with E-state index in [1.165, 1.54) is 94.8 Å². The summed E-state index contributed by atoms with van der Waals surface area (Å²) in [7, 11) is 0. The summed E-state index contributed by atoms with van der Waals surface area (Å²) in [6.07, 6.45) is 20.5. The van der Waals surface area contributed by atoms with Gasteiger partial charge in [0.1, 0.15) is 0 Å². The maximum absolute atomic E-state index is 13.0. The summed E-state index contributed by atoms with van der Waals surface area (Å²) in [6.45, 7) is 5.10. The topological polar surface area (TPSA) is 37.4 Å². The van der Waals surface area contributed by atoms with Crippen molar-refractivity contribution in [1.82, 2.24) is 4.90 Å². The van der Waals surface area contributed by atoms with E-state index in [1.54, 1.807) is 0 Å². The van der Waals surface area contributed by atoms with Crippen LogP contribution in [0, 0.1) is 5.92 Å². The number of imide groups is 1. The molecule has 0 spiro atoms. The molecule has 1 aromatic heterocycles. The van der Waals surface area contributed by atoms with Gasteiger partial charge < -0.3 is 0 Å². The van der Waals surface area contributed by atoms with Crippen LogP contribution in [0.1, 0.15) is 137 Å². The van der Waals surface area contributed by atoms with Crippen LogP contribution in [0.4, 0.5) is 0 Å². The van der Waals surface area contributed by atoms with Gasteiger partial charge in [-0.15, -0.1) is 0 Å². The minimum atomic E-state index is -0.0860. The first-order valence-electron chi connectivity index (χ1n) is 12.8. The van der Waals surface area contributed by atoms with E-state index in [2.05, 4.69) is 45.7 Å². The van der Waals surface area contributed by atoms with Crippen LogP contribution in [0.3, 0.4) is 0 Å². The van der Waals surface area contributed by atoms with Crippen LogP contribution in [0.5, 0.6) is 0 Å². The molecule has 1 unspecified atom stereocenters. The van der Waals surface area contributed by atoms with Crippen LogP contribution in [-0.4, -0.2) is 37.8 Å². The van der Waals surface area contributed by atoms with E-state index in [0.717, 1.165) is 19.5 Å². The zero-order chi connectivity index (χ0) is 23.3. The molecule has 6 heteroatoms. The Morgan fingerprint density at radius 3 is 1.44 bits per heavy atom. The molecule has 0 aliphatic carbocycles. The Hall–Kier alpha value is 0.0995. The van der Waals surface area contributed by atoms with Gasteiger partial charge in [-0.1, -0.05) is 39.5 Å². The van der Waals surface area contributed by atoms with Crippen molar-refractivity contribution in [2.24, 2.45) is 5.92 Å². The van der Waals surface area contributed by atoms with Crippen molar-refractivity contribution >= 4 is 58.2 Å². The van der Waals surface area contributed by atoms with E-state index < -0.39 is 0 Å². The molecule has 0 saturated carbocycles. The van der Waals surface area contributed by atoms with Crippen LogP contribution in [0.25, 0.3) is 0 Å². The minimum absolute atomic E-state index is 0.0249. The van der Waals surface area contributed by atoms with E-state index in [-0.39, 0.29) is 26.3 Å². The predicted molar refractivity (Wildman–Crippen MR) is 143 cm³/mol. The van der Waals surface area contributed by atoms with Crippen molar-refractivity contribution in [1.29, 1.82) is 0 Å². The van der Waals surface area contributed by atoms with Gasteiger partial charge in [-0.2, -0.15) is 0 Å². The number of amides is 2. The molecule has 0 fully saturated rings. The molecule has 1 aliphatic heterocycles. The molecule has 1 aliphatic rings. The number of carbonyl (C=O) groups excluding carboxylic acids is 2. The first kappa shape index (κ1) is 28.3. The van der Waals surface area contributed by atoms with Gasteiger partial charge in [0.05, 0.1) is 0 Å². The van der Waals surface area contributed by atoms with Crippen molar-refractivity contribution in [3.8, 4) is 0 Å². The Bertz CT molecular complexity index is 682. The number of unbranched alkanes of at least 4 members (excludes halogenated alkanes) is 12. The van der Waals surface area contributed by atoms with E-state index in [1.807, 2.05) is 0 Å². The van der Waals surface area contributed by atoms with Crippen molar-refractivity contribution in [2.45, 2.75) is 117 Å². The zero-order valence-electron chi connectivity index (χ0n) is 20.0. The fourth-order valence-corrected chi connectivity index (χ4v) is 9.75. The van der Waals surface area contributed by atoms with Gasteiger partial charge in [0.25, 0.3) is 0 Å². The van der Waals surface area contributed by atoms with Crippen LogP contribution < -0.4 is 0 Å². The van der Waals surface area contributed by atoms with E-state index in [0.29, 0.717) is 23.6 Å². The molecular formula is C26H41Br2NO2Se. The fraction of sp³-hybridized carbons (Fsp3) is 0.769. The monoisotopic (exact) mass is 637 g/mol. The normalized spacial score (nSPS) is 14.4. The average Bonchev–Trinajstić information content (AvgIpc) is 3.21. The van der Waals surface area contributed by atoms with Crippen molar-refractivity contribution < 1.29 is 9.59 Å². The third-order valence-electron chi connectivity index (χ3n) is 6.61. The second kappa shape index (κ2) is 15.9. The van der Waals surface area contributed by atoms with Crippen LogP contribution in [0.2, 0.25) is 0 Å². The molecule has 2 rings (SSSR count). The van der Waals surface area contributed by atoms with Gasteiger partial charge in [-0.25, -0.2) is 0 Å². The number of carbonyl (C=O) groups is 2. The van der Waals surface area contributed by atoms with Gasteiger partial charge >= 0.3 is 180 Å². The third kappa shape index (κ3) is 8.71. The standard InChI is InChI=1S/C26H41Br2NO2Se/c1-3-5-7-9-11-12-14-16-18-20(17-15-13-10-8-6-4-2)19-29-25(30)21-22(26(29)31)24(28)32-23(21)27/h20H,3-19H2,1-2H3. The Balaban J connectivity index is 1.84. The maximum atomic E-state index is 13.0. The van der Waals surface area contributed by atoms with Gasteiger partial charge in [-0.3, -0.25) is 0 Å². The van der Waals surface area contributed by atoms with E-state index in [9.17, 15) is 9.59 Å². The molecule has 0 radical (unpaired) electrons. The van der Waals surface area contributed by atoms with Crippen molar-refractivity contribution in [3.05, 3.63) is 17.8 Å². The molecule has 1 atom stereocenters. The van der Waals surface area contributed by atoms with E-state index >= 15 is 0 Å². The molecule has 182 valence electrons. The zero-order valence-corrected chi connectivity index (χ0v) is 24.9. The van der Waals surface area contributed by atoms with Crippen molar-refractivity contribution in [2.75, 3.05) is 6.54 Å². The van der Waals surface area contributed by atoms with Gasteiger partial charge in [-0.05, 0) is 0 Å². The van der Waals surface area contributed by atoms with Gasteiger partial charge in [0, 0.05) is 0 Å². The molecule has 2 heterocycles. The summed E-state index contributed by atoms with van der Waals surface area (Å²) in [5.74, 6) is 0.256. The third-order valence-corrected chi connectivity index (χ3v) is 10.7. The second-order valence-electron chi connectivity index (χ2n) is 9.31. The number of rotatable bonds is 18. The number of nitrogens with zero attached hydrogens (tertiary/aromatic N) is 1. The fourth-order valence-electron chi connectivity index (χ4n) is 4.65. The molecule has 2 amide bonds. The summed E-state index contributed by atoms with van der Waals surface area (Å²) in [5.41, 5.74) is 1.24. The Morgan fingerprint density at radius 2 is 1.03 bits per heavy atom. The number of halogens is 2. The number of hydrogen-bond acceptors (Lipinski definition) is 2. The molecule has 32 heavy (non-hydrogen) atoms. The van der Waals surface area contributed by atoms with Gasteiger partial charge in [0.15, 0.2) is 0 Å². The average molecular weight is 638 g/mol. The Kier molecular flexibility index (Phi) is 14.1. The van der Waals surface area contributed by atoms with Gasteiger partial charge in [0.2, 0.25) is 0 Å². The molecule has 1 aromatic rings. The summed E-state index contributed by atoms with van der Waals surface area (Å²) >= 11 is 7.10. The van der Waals surface area contributed by atoms with Crippen LogP contribution in [0.15, 0.2) is 6.69 Å². The Labute approximate surface area is 218 Å². The van der Waals surface area contributed by atoms with Crippen molar-refractivity contribution in [3.63, 3.8) is 0 Å². The van der Waals surface area contributed by atoms with Crippen LogP contribution in [-0.2, 0) is 0 Å². The molecule has 0 N–H and O–H groups in total. The molecule has 0 saturated heterocycles. The molecule has 3 nitrogen and oxygen atoms in total. The Morgan fingerprint density at radius 1 is 0.656 bits per heavy atom. The molecule has 0 aromatic carbocycles. The predicted octanol–water partition coefficient (Wildman–Crippen LogP) is 8.76. The summed E-state index contributed by atoms with van der Waals surface area (Å²) in [6, 6.07) is 0. The number of hydrogen-bond donors (Lipinski definition) is 0. The quantitative estimate of drug-likeness (QED) is 0.0917. The molecular weight excluding hydrogens is 597 g/mol.